The molecule has 7 heteroatoms. The van der Waals surface area contributed by atoms with Gasteiger partial charge in [0.25, 0.3) is 5.91 Å². The molecule has 0 aliphatic carbocycles. The molecule has 0 radical (unpaired) electrons. The molecule has 27 heavy (non-hydrogen) atoms. The van der Waals surface area contributed by atoms with Crippen LogP contribution in [0.3, 0.4) is 0 Å². The van der Waals surface area contributed by atoms with Gasteiger partial charge in [0.1, 0.15) is 11.5 Å². The second kappa shape index (κ2) is 7.99. The summed E-state index contributed by atoms with van der Waals surface area (Å²) in [6, 6.07) is 14.2. The average Bonchev–Trinajstić information content (AvgIpc) is 3.01. The maximum Gasteiger partial charge on any atom is 0.322 e. The highest BCUT2D eigenvalue weighted by atomic mass is 16.5. The van der Waals surface area contributed by atoms with Crippen LogP contribution < -0.4 is 25.0 Å². The largest absolute Gasteiger partial charge is 0.497 e. The zero-order chi connectivity index (χ0) is 19.4. The zero-order valence-electron chi connectivity index (χ0n) is 15.6. The van der Waals surface area contributed by atoms with Crippen molar-refractivity contribution in [2.75, 3.05) is 23.9 Å². The Balaban J connectivity index is 1.64. The summed E-state index contributed by atoms with van der Waals surface area (Å²) >= 11 is 0. The molecule has 1 aliphatic heterocycles. The molecule has 3 amide bonds. The summed E-state index contributed by atoms with van der Waals surface area (Å²) in [7, 11) is 1.59. The van der Waals surface area contributed by atoms with E-state index in [1.54, 1.807) is 61.4 Å². The summed E-state index contributed by atoms with van der Waals surface area (Å²) < 4.78 is 10.8. The van der Waals surface area contributed by atoms with Crippen molar-refractivity contribution >= 4 is 23.3 Å². The highest BCUT2D eigenvalue weighted by molar-refractivity contribution is 5.97. The normalized spacial score (nSPS) is 17.2. The van der Waals surface area contributed by atoms with E-state index in [4.69, 9.17) is 9.47 Å². The van der Waals surface area contributed by atoms with Crippen molar-refractivity contribution in [3.63, 3.8) is 0 Å². The van der Waals surface area contributed by atoms with Gasteiger partial charge >= 0.3 is 6.03 Å². The molecule has 2 aromatic rings. The summed E-state index contributed by atoms with van der Waals surface area (Å²) in [4.78, 5) is 26.1. The van der Waals surface area contributed by atoms with Gasteiger partial charge in [0.15, 0.2) is 6.10 Å². The molecule has 7 nitrogen and oxygen atoms in total. The van der Waals surface area contributed by atoms with Crippen molar-refractivity contribution in [1.29, 1.82) is 0 Å². The van der Waals surface area contributed by atoms with E-state index in [1.165, 1.54) is 0 Å². The van der Waals surface area contributed by atoms with Crippen LogP contribution in [0, 0.1) is 0 Å². The fourth-order valence-corrected chi connectivity index (χ4v) is 2.87. The van der Waals surface area contributed by atoms with Crippen LogP contribution in [0.4, 0.5) is 16.2 Å². The lowest BCUT2D eigenvalue weighted by Crippen LogP contribution is -2.32. The zero-order valence-corrected chi connectivity index (χ0v) is 15.6. The van der Waals surface area contributed by atoms with E-state index >= 15 is 0 Å². The highest BCUT2D eigenvalue weighted by Crippen LogP contribution is 2.24. The van der Waals surface area contributed by atoms with Gasteiger partial charge in [0.05, 0.1) is 13.2 Å². The number of carbonyl (C=O) groups is 2. The Morgan fingerprint density at radius 3 is 2.56 bits per heavy atom. The smallest absolute Gasteiger partial charge is 0.322 e. The molecule has 0 unspecified atom stereocenters. The maximum atomic E-state index is 12.4. The predicted octanol–water partition coefficient (Wildman–Crippen LogP) is 3.02. The fraction of sp³-hybridized carbons (Fsp3) is 0.300. The van der Waals surface area contributed by atoms with Crippen LogP contribution in [0.5, 0.6) is 11.5 Å². The van der Waals surface area contributed by atoms with Crippen molar-refractivity contribution in [3.8, 4) is 11.5 Å². The molecular formula is C20H23N3O4. The van der Waals surface area contributed by atoms with Gasteiger partial charge < -0.3 is 20.1 Å². The Morgan fingerprint density at radius 2 is 1.93 bits per heavy atom. The summed E-state index contributed by atoms with van der Waals surface area (Å²) in [6.07, 6.45) is -0.684. The van der Waals surface area contributed by atoms with Gasteiger partial charge in [-0.1, -0.05) is 6.07 Å². The number of carbonyl (C=O) groups excluding carboxylic acids is 2. The number of hydrogen-bond donors (Lipinski definition) is 2. The summed E-state index contributed by atoms with van der Waals surface area (Å²) in [5.41, 5.74) is 1.34. The first-order valence-electron chi connectivity index (χ1n) is 8.76. The van der Waals surface area contributed by atoms with E-state index in [-0.39, 0.29) is 18.0 Å². The number of benzene rings is 2. The number of rotatable bonds is 6. The van der Waals surface area contributed by atoms with Gasteiger partial charge in [0.2, 0.25) is 0 Å². The van der Waals surface area contributed by atoms with Crippen molar-refractivity contribution in [3.05, 3.63) is 48.5 Å². The Bertz CT molecular complexity index is 822. The lowest BCUT2D eigenvalue weighted by molar-refractivity contribution is -0.122. The first-order valence-corrected chi connectivity index (χ1v) is 8.76. The van der Waals surface area contributed by atoms with Gasteiger partial charge in [0, 0.05) is 17.9 Å². The van der Waals surface area contributed by atoms with Crippen LogP contribution in [0.1, 0.15) is 13.8 Å². The second-order valence-corrected chi connectivity index (χ2v) is 6.38. The Hall–Kier alpha value is -3.22. The molecule has 1 saturated heterocycles. The Kier molecular flexibility index (Phi) is 5.49. The van der Waals surface area contributed by atoms with E-state index in [2.05, 4.69) is 10.6 Å². The molecule has 142 valence electrons. The number of amides is 3. The van der Waals surface area contributed by atoms with Gasteiger partial charge in [-0.15, -0.1) is 0 Å². The SMILES string of the molecule is COc1ccc(O[C@H](C)C(=O)Nc2cccc(N3C(=O)NC[C@H]3C)c2)cc1. The Labute approximate surface area is 158 Å². The summed E-state index contributed by atoms with van der Waals surface area (Å²) in [6.45, 7) is 4.25. The van der Waals surface area contributed by atoms with Gasteiger partial charge in [-0.2, -0.15) is 0 Å². The number of urea groups is 1. The van der Waals surface area contributed by atoms with Crippen molar-refractivity contribution in [1.82, 2.24) is 5.32 Å². The van der Waals surface area contributed by atoms with E-state index in [0.29, 0.717) is 18.0 Å². The van der Waals surface area contributed by atoms with E-state index in [1.807, 2.05) is 13.0 Å². The molecule has 2 aromatic carbocycles. The minimum Gasteiger partial charge on any atom is -0.497 e. The lowest BCUT2D eigenvalue weighted by Gasteiger charge is -2.21. The fourth-order valence-electron chi connectivity index (χ4n) is 2.87. The number of methoxy groups -OCH3 is 1. The molecule has 1 aliphatic rings. The topological polar surface area (TPSA) is 79.9 Å². The van der Waals surface area contributed by atoms with Crippen LogP contribution >= 0.6 is 0 Å². The number of nitrogens with zero attached hydrogens (tertiary/aromatic N) is 1. The number of anilines is 2. The van der Waals surface area contributed by atoms with Crippen LogP contribution in [-0.4, -0.2) is 37.7 Å². The molecule has 0 saturated carbocycles. The van der Waals surface area contributed by atoms with Gasteiger partial charge in [-0.3, -0.25) is 9.69 Å². The van der Waals surface area contributed by atoms with Crippen LogP contribution in [0.2, 0.25) is 0 Å². The Morgan fingerprint density at radius 1 is 1.22 bits per heavy atom. The third kappa shape index (κ3) is 4.31. The molecule has 0 aromatic heterocycles. The summed E-state index contributed by atoms with van der Waals surface area (Å²) in [5, 5.41) is 5.63. The summed E-state index contributed by atoms with van der Waals surface area (Å²) in [5.74, 6) is 1.02. The van der Waals surface area contributed by atoms with Crippen molar-refractivity contribution in [2.24, 2.45) is 0 Å². The lowest BCUT2D eigenvalue weighted by atomic mass is 10.2. The monoisotopic (exact) mass is 369 g/mol. The third-order valence-corrected chi connectivity index (χ3v) is 4.34. The standard InChI is InChI=1S/C20H23N3O4/c1-13-12-21-20(25)23(13)16-6-4-5-15(11-16)22-19(24)14(2)27-18-9-7-17(26-3)8-10-18/h4-11,13-14H,12H2,1-3H3,(H,21,25)(H,22,24)/t13-,14-/m1/s1. The highest BCUT2D eigenvalue weighted by Gasteiger charge is 2.28. The first kappa shape index (κ1) is 18.6. The second-order valence-electron chi connectivity index (χ2n) is 6.38. The van der Waals surface area contributed by atoms with Crippen LogP contribution in [0.15, 0.2) is 48.5 Å². The molecule has 1 fully saturated rings. The van der Waals surface area contributed by atoms with E-state index in [9.17, 15) is 9.59 Å². The number of nitrogens with one attached hydrogen (secondary N) is 2. The molecule has 1 heterocycles. The molecule has 0 spiro atoms. The van der Waals surface area contributed by atoms with Gasteiger partial charge in [-0.25, -0.2) is 4.79 Å². The minimum absolute atomic E-state index is 0.0563. The predicted molar refractivity (Wildman–Crippen MR) is 103 cm³/mol. The van der Waals surface area contributed by atoms with Crippen molar-refractivity contribution < 1.29 is 19.1 Å². The minimum atomic E-state index is -0.684. The molecule has 3 rings (SSSR count). The first-order chi connectivity index (χ1) is 13.0. The molecule has 0 bridgehead atoms. The number of ether oxygens (including phenoxy) is 2. The van der Waals surface area contributed by atoms with E-state index < -0.39 is 6.10 Å². The van der Waals surface area contributed by atoms with Crippen LogP contribution in [0.25, 0.3) is 0 Å². The molecular weight excluding hydrogens is 346 g/mol. The molecule has 2 atom stereocenters. The molecule has 2 N–H and O–H groups in total. The third-order valence-electron chi connectivity index (χ3n) is 4.34. The van der Waals surface area contributed by atoms with Crippen LogP contribution in [-0.2, 0) is 4.79 Å². The number of hydrogen-bond acceptors (Lipinski definition) is 4. The maximum absolute atomic E-state index is 12.4. The quantitative estimate of drug-likeness (QED) is 0.820. The van der Waals surface area contributed by atoms with Crippen molar-refractivity contribution in [2.45, 2.75) is 26.0 Å². The average molecular weight is 369 g/mol. The van der Waals surface area contributed by atoms with E-state index in [0.717, 1.165) is 11.4 Å². The van der Waals surface area contributed by atoms with Gasteiger partial charge in [-0.05, 0) is 56.3 Å².